The third kappa shape index (κ3) is 46.0. The Hall–Kier alpha value is -2.66. The minimum Gasteiger partial charge on any atom is -0.462 e. The standard InChI is InChI=1S/C53H92O5/c1-3-5-7-9-11-13-15-17-19-21-23-25-26-28-29-31-33-35-37-39-41-43-45-47-52(55)57-50-51(49-54)58-53(56)48-46-44-42-40-38-36-34-32-30-27-24-22-20-18-16-14-12-10-8-6-4-2/h6,8,12,14-15,17-18,20-21,23-24,27,51,54H,3-5,7,9-11,13,16,19,22,25-26,28-50H2,1-2H3/b8-6-,14-12-,17-15-,20-18-,23-21-,27-24-. The number of hydrogen-bond acceptors (Lipinski definition) is 5. The average Bonchev–Trinajstić information content (AvgIpc) is 3.23. The molecule has 334 valence electrons. The van der Waals surface area contributed by atoms with E-state index in [0.717, 1.165) is 77.0 Å². The summed E-state index contributed by atoms with van der Waals surface area (Å²) in [6.45, 7) is 4.02. The molecule has 0 spiro atoms. The summed E-state index contributed by atoms with van der Waals surface area (Å²) in [5.41, 5.74) is 0. The number of esters is 2. The topological polar surface area (TPSA) is 72.8 Å². The number of carbonyl (C=O) groups excluding carboxylic acids is 2. The van der Waals surface area contributed by atoms with Crippen molar-refractivity contribution in [2.45, 2.75) is 238 Å². The van der Waals surface area contributed by atoms with Gasteiger partial charge in [0.1, 0.15) is 6.61 Å². The normalized spacial score (nSPS) is 12.8. The van der Waals surface area contributed by atoms with Crippen molar-refractivity contribution in [2.24, 2.45) is 0 Å². The fourth-order valence-corrected chi connectivity index (χ4v) is 6.81. The summed E-state index contributed by atoms with van der Waals surface area (Å²) in [5.74, 6) is -0.601. The number of ether oxygens (including phenoxy) is 2. The second-order valence-corrected chi connectivity index (χ2v) is 16.2. The fraction of sp³-hybridized carbons (Fsp3) is 0.736. The van der Waals surface area contributed by atoms with Gasteiger partial charge in [-0.25, -0.2) is 0 Å². The van der Waals surface area contributed by atoms with Crippen LogP contribution < -0.4 is 0 Å². The molecule has 0 heterocycles. The maximum absolute atomic E-state index is 12.3. The van der Waals surface area contributed by atoms with E-state index in [1.807, 2.05) is 0 Å². The summed E-state index contributed by atoms with van der Waals surface area (Å²) < 4.78 is 10.7. The summed E-state index contributed by atoms with van der Waals surface area (Å²) >= 11 is 0. The SMILES string of the molecule is CC/C=C\C/C=C\C/C=C\C/C=C\CCCCCCCCCCC(=O)OC(CO)COC(=O)CCCCCCCCCCCCC/C=C\C/C=C\CCCCCCC. The Bertz CT molecular complexity index is 1050. The number of carbonyl (C=O) groups is 2. The highest BCUT2D eigenvalue weighted by molar-refractivity contribution is 5.70. The zero-order valence-corrected chi connectivity index (χ0v) is 38.0. The highest BCUT2D eigenvalue weighted by atomic mass is 16.6. The Morgan fingerprint density at radius 3 is 1.12 bits per heavy atom. The molecule has 58 heavy (non-hydrogen) atoms. The molecule has 0 aromatic rings. The van der Waals surface area contributed by atoms with Gasteiger partial charge in [0.2, 0.25) is 0 Å². The average molecular weight is 809 g/mol. The van der Waals surface area contributed by atoms with Crippen molar-refractivity contribution in [3.05, 3.63) is 72.9 Å². The predicted octanol–water partition coefficient (Wildman–Crippen LogP) is 16.1. The molecule has 1 N–H and O–H groups in total. The smallest absolute Gasteiger partial charge is 0.306 e. The first-order chi connectivity index (χ1) is 28.6. The Balaban J connectivity index is 3.54. The van der Waals surface area contributed by atoms with Crippen molar-refractivity contribution in [3.8, 4) is 0 Å². The van der Waals surface area contributed by atoms with E-state index in [0.29, 0.717) is 12.8 Å². The molecule has 0 aliphatic carbocycles. The van der Waals surface area contributed by atoms with Crippen molar-refractivity contribution in [2.75, 3.05) is 13.2 Å². The van der Waals surface area contributed by atoms with Crippen LogP contribution in [0.15, 0.2) is 72.9 Å². The van der Waals surface area contributed by atoms with Crippen molar-refractivity contribution < 1.29 is 24.2 Å². The van der Waals surface area contributed by atoms with Crippen LogP contribution in [0, 0.1) is 0 Å². The molecule has 0 aliphatic rings. The van der Waals surface area contributed by atoms with E-state index >= 15 is 0 Å². The summed E-state index contributed by atoms with van der Waals surface area (Å²) in [5, 5.41) is 9.62. The van der Waals surface area contributed by atoms with E-state index in [1.165, 1.54) is 128 Å². The van der Waals surface area contributed by atoms with E-state index < -0.39 is 6.10 Å². The largest absolute Gasteiger partial charge is 0.462 e. The van der Waals surface area contributed by atoms with Gasteiger partial charge in [-0.2, -0.15) is 0 Å². The second-order valence-electron chi connectivity index (χ2n) is 16.2. The quantitative estimate of drug-likeness (QED) is 0.0377. The lowest BCUT2D eigenvalue weighted by atomic mass is 10.0. The molecule has 0 amide bonds. The number of aliphatic hydroxyl groups is 1. The fourth-order valence-electron chi connectivity index (χ4n) is 6.81. The van der Waals surface area contributed by atoms with Crippen LogP contribution in [-0.4, -0.2) is 36.4 Å². The first-order valence-electron chi connectivity index (χ1n) is 24.5. The van der Waals surface area contributed by atoms with E-state index in [4.69, 9.17) is 9.47 Å². The molecule has 0 aromatic carbocycles. The van der Waals surface area contributed by atoms with Crippen LogP contribution in [0.4, 0.5) is 0 Å². The molecule has 1 atom stereocenters. The van der Waals surface area contributed by atoms with Crippen LogP contribution in [0.5, 0.6) is 0 Å². The molecular formula is C53H92O5. The number of hydrogen-bond donors (Lipinski definition) is 1. The van der Waals surface area contributed by atoms with Gasteiger partial charge >= 0.3 is 11.9 Å². The third-order valence-corrected chi connectivity index (χ3v) is 10.5. The van der Waals surface area contributed by atoms with Gasteiger partial charge in [-0.05, 0) is 83.5 Å². The maximum atomic E-state index is 12.3. The van der Waals surface area contributed by atoms with Gasteiger partial charge in [0.15, 0.2) is 6.10 Å². The summed E-state index contributed by atoms with van der Waals surface area (Å²) in [7, 11) is 0. The molecule has 0 radical (unpaired) electrons. The summed E-state index contributed by atoms with van der Waals surface area (Å²) in [6, 6.07) is 0. The molecule has 5 heteroatoms. The Morgan fingerprint density at radius 1 is 0.414 bits per heavy atom. The molecule has 0 rings (SSSR count). The van der Waals surface area contributed by atoms with Crippen molar-refractivity contribution in [1.29, 1.82) is 0 Å². The first-order valence-corrected chi connectivity index (χ1v) is 24.5. The minimum absolute atomic E-state index is 0.0724. The van der Waals surface area contributed by atoms with Gasteiger partial charge in [-0.15, -0.1) is 0 Å². The zero-order valence-electron chi connectivity index (χ0n) is 38.0. The Morgan fingerprint density at radius 2 is 0.741 bits per heavy atom. The number of rotatable bonds is 44. The summed E-state index contributed by atoms with van der Waals surface area (Å²) in [4.78, 5) is 24.4. The third-order valence-electron chi connectivity index (χ3n) is 10.5. The number of unbranched alkanes of at least 4 members (excludes halogenated alkanes) is 24. The van der Waals surface area contributed by atoms with E-state index in [-0.39, 0.29) is 25.2 Å². The Kier molecular flexibility index (Phi) is 46.5. The maximum Gasteiger partial charge on any atom is 0.306 e. The lowest BCUT2D eigenvalue weighted by molar-refractivity contribution is -0.161. The number of aliphatic hydroxyl groups excluding tert-OH is 1. The van der Waals surface area contributed by atoms with E-state index in [2.05, 4.69) is 86.8 Å². The summed E-state index contributed by atoms with van der Waals surface area (Å²) in [6.07, 6.45) is 65.5. The van der Waals surface area contributed by atoms with E-state index in [9.17, 15) is 14.7 Å². The van der Waals surface area contributed by atoms with Gasteiger partial charge < -0.3 is 14.6 Å². The molecular weight excluding hydrogens is 717 g/mol. The molecule has 0 bridgehead atoms. The van der Waals surface area contributed by atoms with Gasteiger partial charge in [0, 0.05) is 12.8 Å². The molecule has 0 aliphatic heterocycles. The van der Waals surface area contributed by atoms with Gasteiger partial charge in [0.05, 0.1) is 6.61 Å². The van der Waals surface area contributed by atoms with Crippen molar-refractivity contribution in [3.63, 3.8) is 0 Å². The lowest BCUT2D eigenvalue weighted by Crippen LogP contribution is -2.28. The van der Waals surface area contributed by atoms with Gasteiger partial charge in [-0.3, -0.25) is 9.59 Å². The van der Waals surface area contributed by atoms with Crippen LogP contribution in [0.3, 0.4) is 0 Å². The van der Waals surface area contributed by atoms with Crippen molar-refractivity contribution >= 4 is 11.9 Å². The van der Waals surface area contributed by atoms with Crippen LogP contribution in [-0.2, 0) is 19.1 Å². The molecule has 0 aromatic heterocycles. The predicted molar refractivity (Wildman–Crippen MR) is 251 cm³/mol. The molecule has 0 fully saturated rings. The second kappa shape index (κ2) is 48.7. The van der Waals surface area contributed by atoms with Crippen LogP contribution in [0.2, 0.25) is 0 Å². The lowest BCUT2D eigenvalue weighted by Gasteiger charge is -2.15. The monoisotopic (exact) mass is 809 g/mol. The van der Waals surface area contributed by atoms with Gasteiger partial charge in [-0.1, -0.05) is 209 Å². The molecule has 0 saturated heterocycles. The van der Waals surface area contributed by atoms with Crippen LogP contribution in [0.1, 0.15) is 232 Å². The number of allylic oxidation sites excluding steroid dienone is 12. The van der Waals surface area contributed by atoms with Gasteiger partial charge in [0.25, 0.3) is 0 Å². The Labute approximate surface area is 359 Å². The molecule has 5 nitrogen and oxygen atoms in total. The van der Waals surface area contributed by atoms with Crippen LogP contribution >= 0.6 is 0 Å². The molecule has 0 saturated carbocycles. The molecule has 1 unspecified atom stereocenters. The first kappa shape index (κ1) is 55.3. The zero-order chi connectivity index (χ0) is 42.1. The minimum atomic E-state index is -0.781. The van der Waals surface area contributed by atoms with Crippen molar-refractivity contribution in [1.82, 2.24) is 0 Å². The highest BCUT2D eigenvalue weighted by Crippen LogP contribution is 2.15. The highest BCUT2D eigenvalue weighted by Gasteiger charge is 2.16. The van der Waals surface area contributed by atoms with E-state index in [1.54, 1.807) is 0 Å². The van der Waals surface area contributed by atoms with Crippen LogP contribution in [0.25, 0.3) is 0 Å².